The van der Waals surface area contributed by atoms with Crippen LogP contribution in [0.2, 0.25) is 0 Å². The summed E-state index contributed by atoms with van der Waals surface area (Å²) in [5.41, 5.74) is 0. The van der Waals surface area contributed by atoms with Crippen LogP contribution in [0.25, 0.3) is 0 Å². The van der Waals surface area contributed by atoms with E-state index in [1.807, 2.05) is 6.08 Å². The van der Waals surface area contributed by atoms with Crippen LogP contribution >= 0.6 is 0 Å². The summed E-state index contributed by atoms with van der Waals surface area (Å²) in [7, 11) is 0. The summed E-state index contributed by atoms with van der Waals surface area (Å²) in [6.45, 7) is 5.84. The van der Waals surface area contributed by atoms with E-state index < -0.39 is 67.4 Å². The maximum Gasteiger partial charge on any atom is 0.306 e. The van der Waals surface area contributed by atoms with Crippen molar-refractivity contribution in [2.45, 2.75) is 397 Å². The molecule has 1 saturated heterocycles. The van der Waals surface area contributed by atoms with E-state index in [4.69, 9.17) is 14.2 Å². The highest BCUT2D eigenvalue weighted by Gasteiger charge is 2.47. The van der Waals surface area contributed by atoms with E-state index in [-0.39, 0.29) is 13.0 Å². The molecule has 0 aromatic carbocycles. The molecular formula is C68H131NO10. The number of esters is 1. The smallest absolute Gasteiger partial charge is 0.306 e. The van der Waals surface area contributed by atoms with Gasteiger partial charge in [0.1, 0.15) is 24.4 Å². The highest BCUT2D eigenvalue weighted by Crippen LogP contribution is 2.26. The largest absolute Gasteiger partial charge is 0.454 e. The molecule has 1 amide bonds. The van der Waals surface area contributed by atoms with Gasteiger partial charge in [0, 0.05) is 6.42 Å². The van der Waals surface area contributed by atoms with E-state index in [0.717, 1.165) is 57.8 Å². The third kappa shape index (κ3) is 44.6. The Morgan fingerprint density at radius 2 is 0.823 bits per heavy atom. The molecule has 0 saturated carbocycles. The number of nitrogens with one attached hydrogen (secondary N) is 1. The standard InChI is InChI=1S/C68H131NO10/c1-4-7-10-13-16-19-22-25-26-27-28-29-30-31-32-33-34-35-36-38-41-44-47-50-53-56-63(73)79-66-65(75)64(74)62(57-70)78-68(66)77-58-59(60(71)54-51-48-45-42-40-37-23-20-17-14-11-8-5-2)69-67(76)61(72)55-52-49-46-43-39-24-21-18-15-12-9-6-3/h51,54,59-62,64-66,68,70-72,74-75H,4-50,52-53,55-58H2,1-3H3,(H,69,76)/b54-51+. The Hall–Kier alpha value is -1.60. The van der Waals surface area contributed by atoms with Crippen LogP contribution in [0.15, 0.2) is 12.2 Å². The minimum atomic E-state index is -1.61. The van der Waals surface area contributed by atoms with Gasteiger partial charge in [-0.15, -0.1) is 0 Å². The molecule has 0 aromatic heterocycles. The molecule has 0 spiro atoms. The zero-order valence-electron chi connectivity index (χ0n) is 52.0. The fraction of sp³-hybridized carbons (Fsp3) is 0.941. The van der Waals surface area contributed by atoms with Crippen molar-refractivity contribution in [3.63, 3.8) is 0 Å². The number of allylic oxidation sites excluding steroid dienone is 1. The number of aliphatic hydroxyl groups excluding tert-OH is 5. The lowest BCUT2D eigenvalue weighted by molar-refractivity contribution is -0.305. The molecule has 11 heteroatoms. The zero-order chi connectivity index (χ0) is 57.5. The minimum absolute atomic E-state index is 0.132. The first-order chi connectivity index (χ1) is 38.7. The molecule has 79 heavy (non-hydrogen) atoms. The summed E-state index contributed by atoms with van der Waals surface area (Å²) in [6, 6.07) is -1.02. The predicted molar refractivity (Wildman–Crippen MR) is 329 cm³/mol. The minimum Gasteiger partial charge on any atom is -0.454 e. The second kappa shape index (κ2) is 56.9. The van der Waals surface area contributed by atoms with Gasteiger partial charge in [-0.05, 0) is 25.7 Å². The third-order valence-electron chi connectivity index (χ3n) is 16.7. The van der Waals surface area contributed by atoms with Crippen molar-refractivity contribution in [3.05, 3.63) is 12.2 Å². The van der Waals surface area contributed by atoms with Crippen LogP contribution in [0.3, 0.4) is 0 Å². The molecule has 11 nitrogen and oxygen atoms in total. The van der Waals surface area contributed by atoms with E-state index in [0.29, 0.717) is 19.3 Å². The fourth-order valence-corrected chi connectivity index (χ4v) is 11.2. The number of carbonyl (C=O) groups is 2. The second-order valence-electron chi connectivity index (χ2n) is 24.3. The van der Waals surface area contributed by atoms with E-state index in [1.165, 1.54) is 244 Å². The van der Waals surface area contributed by atoms with Crippen molar-refractivity contribution >= 4 is 11.9 Å². The number of aliphatic hydroxyl groups is 5. The summed E-state index contributed by atoms with van der Waals surface area (Å²) in [5.74, 6) is -1.17. The van der Waals surface area contributed by atoms with Gasteiger partial charge in [0.05, 0.1) is 25.4 Å². The maximum atomic E-state index is 13.4. The number of carbonyl (C=O) groups excluding carboxylic acids is 2. The molecule has 0 radical (unpaired) electrons. The van der Waals surface area contributed by atoms with Crippen LogP contribution in [0.1, 0.15) is 348 Å². The van der Waals surface area contributed by atoms with Crippen LogP contribution in [-0.2, 0) is 23.8 Å². The molecule has 1 heterocycles. The Kier molecular flexibility index (Phi) is 54.3. The van der Waals surface area contributed by atoms with Crippen molar-refractivity contribution in [3.8, 4) is 0 Å². The lowest BCUT2D eigenvalue weighted by Gasteiger charge is -2.41. The van der Waals surface area contributed by atoms with Gasteiger partial charge in [0.25, 0.3) is 0 Å². The second-order valence-corrected chi connectivity index (χ2v) is 24.3. The molecule has 1 aliphatic rings. The Morgan fingerprint density at radius 1 is 0.481 bits per heavy atom. The summed E-state index contributed by atoms with van der Waals surface area (Å²) < 4.78 is 17.7. The number of hydrogen-bond donors (Lipinski definition) is 6. The molecule has 1 aliphatic heterocycles. The third-order valence-corrected chi connectivity index (χ3v) is 16.7. The number of amides is 1. The highest BCUT2D eigenvalue weighted by atomic mass is 16.7. The SMILES string of the molecule is CCCCCCCCCCCCC/C=C/C(O)C(COC1OC(CO)C(O)C(O)C1OC(=O)CCCCCCCCCCCCCCCCCCCCCCCCCCC)NC(=O)C(O)CCCCCCCCCCCCCC. The molecule has 8 unspecified atom stereocenters. The van der Waals surface area contributed by atoms with Crippen LogP contribution < -0.4 is 5.32 Å². The first-order valence-electron chi connectivity index (χ1n) is 34.5. The summed E-state index contributed by atoms with van der Waals surface area (Å²) >= 11 is 0. The summed E-state index contributed by atoms with van der Waals surface area (Å²) in [6.07, 6.45) is 55.5. The molecule has 0 aromatic rings. The average molecular weight is 1120 g/mol. The van der Waals surface area contributed by atoms with Crippen LogP contribution in [0.5, 0.6) is 0 Å². The van der Waals surface area contributed by atoms with E-state index in [9.17, 15) is 35.1 Å². The van der Waals surface area contributed by atoms with Crippen LogP contribution in [0, 0.1) is 0 Å². The van der Waals surface area contributed by atoms with Gasteiger partial charge in [-0.1, -0.05) is 328 Å². The first kappa shape index (κ1) is 75.4. The van der Waals surface area contributed by atoms with Gasteiger partial charge < -0.3 is 45.1 Å². The lowest BCUT2D eigenvalue weighted by atomic mass is 9.99. The van der Waals surface area contributed by atoms with Crippen molar-refractivity contribution in [1.82, 2.24) is 5.32 Å². The van der Waals surface area contributed by atoms with Crippen molar-refractivity contribution in [2.75, 3.05) is 13.2 Å². The van der Waals surface area contributed by atoms with Crippen molar-refractivity contribution < 1.29 is 49.3 Å². The van der Waals surface area contributed by atoms with Gasteiger partial charge in [0.2, 0.25) is 5.91 Å². The number of hydrogen-bond acceptors (Lipinski definition) is 10. The topological polar surface area (TPSA) is 175 Å². The van der Waals surface area contributed by atoms with Crippen LogP contribution in [0.4, 0.5) is 0 Å². The highest BCUT2D eigenvalue weighted by molar-refractivity contribution is 5.80. The van der Waals surface area contributed by atoms with Gasteiger partial charge in [-0.25, -0.2) is 0 Å². The molecule has 0 aliphatic carbocycles. The molecule has 8 atom stereocenters. The Balaban J connectivity index is 2.54. The Bertz CT molecular complexity index is 1340. The number of unbranched alkanes of at least 4 members (excludes halogenated alkanes) is 46. The average Bonchev–Trinajstić information content (AvgIpc) is 3.51. The molecular weight excluding hydrogens is 991 g/mol. The van der Waals surface area contributed by atoms with Crippen molar-refractivity contribution in [2.24, 2.45) is 0 Å². The molecule has 1 rings (SSSR count). The van der Waals surface area contributed by atoms with E-state index in [1.54, 1.807) is 6.08 Å². The lowest BCUT2D eigenvalue weighted by Crippen LogP contribution is -2.61. The predicted octanol–water partition coefficient (Wildman–Crippen LogP) is 17.1. The Labute approximate surface area is 487 Å². The van der Waals surface area contributed by atoms with Crippen LogP contribution in [-0.4, -0.2) is 99.6 Å². The normalized spacial score (nSPS) is 18.8. The van der Waals surface area contributed by atoms with Crippen molar-refractivity contribution in [1.29, 1.82) is 0 Å². The summed E-state index contributed by atoms with van der Waals surface area (Å²) in [4.78, 5) is 26.6. The Morgan fingerprint density at radius 3 is 1.19 bits per heavy atom. The maximum absolute atomic E-state index is 13.4. The fourth-order valence-electron chi connectivity index (χ4n) is 11.2. The first-order valence-corrected chi connectivity index (χ1v) is 34.5. The number of ether oxygens (including phenoxy) is 3. The monoisotopic (exact) mass is 1120 g/mol. The molecule has 1 fully saturated rings. The van der Waals surface area contributed by atoms with Gasteiger partial charge in [-0.2, -0.15) is 0 Å². The van der Waals surface area contributed by atoms with E-state index in [2.05, 4.69) is 26.1 Å². The summed E-state index contributed by atoms with van der Waals surface area (Å²) in [5, 5.41) is 57.1. The van der Waals surface area contributed by atoms with Gasteiger partial charge in [-0.3, -0.25) is 9.59 Å². The zero-order valence-corrected chi connectivity index (χ0v) is 52.0. The van der Waals surface area contributed by atoms with E-state index >= 15 is 0 Å². The molecule has 6 N–H and O–H groups in total. The van der Waals surface area contributed by atoms with Gasteiger partial charge >= 0.3 is 5.97 Å². The molecule has 0 bridgehead atoms. The quantitative estimate of drug-likeness (QED) is 0.0195. The molecule has 468 valence electrons. The number of rotatable bonds is 60. The van der Waals surface area contributed by atoms with Gasteiger partial charge in [0.15, 0.2) is 12.4 Å².